The molecular weight excluding hydrogens is 294 g/mol. The molecule has 1 aliphatic rings. The Labute approximate surface area is 128 Å². The molecule has 1 saturated heterocycles. The van der Waals surface area contributed by atoms with E-state index in [1.54, 1.807) is 6.07 Å². The normalized spacial score (nSPS) is 19.5. The van der Waals surface area contributed by atoms with E-state index in [-0.39, 0.29) is 11.2 Å². The van der Waals surface area contributed by atoms with E-state index in [1.165, 1.54) is 13.3 Å². The van der Waals surface area contributed by atoms with Gasteiger partial charge in [0.25, 0.3) is 0 Å². The number of aromatic nitrogens is 1. The Balaban J connectivity index is 2.37. The third kappa shape index (κ3) is 3.51. The molecule has 0 saturated carbocycles. The van der Waals surface area contributed by atoms with Crippen LogP contribution in [0.2, 0.25) is 5.15 Å². The molecule has 0 amide bonds. The van der Waals surface area contributed by atoms with Crippen molar-refractivity contribution in [3.63, 3.8) is 0 Å². The van der Waals surface area contributed by atoms with Crippen molar-refractivity contribution in [3.8, 4) is 0 Å². The number of hydrogen-bond donors (Lipinski definition) is 0. The summed E-state index contributed by atoms with van der Waals surface area (Å²) in [6.45, 7) is 6.00. The Hall–Kier alpha value is -1.66. The topological polar surface area (TPSA) is 64.0 Å². The molecule has 0 bridgehead atoms. The third-order valence-electron chi connectivity index (χ3n) is 3.34. The zero-order chi connectivity index (χ0) is 15.4. The van der Waals surface area contributed by atoms with E-state index in [4.69, 9.17) is 21.1 Å². The van der Waals surface area contributed by atoms with Crippen LogP contribution in [0.1, 0.15) is 24.2 Å². The van der Waals surface area contributed by atoms with Crippen molar-refractivity contribution in [2.45, 2.75) is 19.9 Å². The Kier molecular flexibility index (Phi) is 5.14. The fraction of sp³-hybridized carbons (Fsp3) is 0.500. The molecule has 0 aliphatic carbocycles. The number of esters is 1. The maximum atomic E-state index is 11.8. The van der Waals surface area contributed by atoms with Crippen LogP contribution in [-0.2, 0) is 9.47 Å². The number of nitrogens with zero attached hydrogens (tertiary/aromatic N) is 3. The van der Waals surface area contributed by atoms with E-state index in [2.05, 4.69) is 21.8 Å². The number of halogens is 1. The molecule has 0 N–H and O–H groups in total. The molecule has 1 aromatic heterocycles. The van der Waals surface area contributed by atoms with Gasteiger partial charge in [-0.15, -0.1) is 0 Å². The summed E-state index contributed by atoms with van der Waals surface area (Å²) >= 11 is 6.08. The van der Waals surface area contributed by atoms with E-state index < -0.39 is 5.97 Å². The first kappa shape index (κ1) is 15.7. The van der Waals surface area contributed by atoms with Crippen LogP contribution in [0.3, 0.4) is 0 Å². The van der Waals surface area contributed by atoms with Crippen molar-refractivity contribution in [3.05, 3.63) is 23.0 Å². The first-order chi connectivity index (χ1) is 10.0. The summed E-state index contributed by atoms with van der Waals surface area (Å²) in [6, 6.07) is 1.77. The number of ether oxygens (including phenoxy) is 2. The number of carbonyl (C=O) groups is 1. The number of pyridine rings is 1. The molecule has 0 aromatic carbocycles. The number of rotatable bonds is 2. The van der Waals surface area contributed by atoms with Gasteiger partial charge in [0.1, 0.15) is 11.5 Å². The van der Waals surface area contributed by atoms with Gasteiger partial charge in [0, 0.05) is 12.7 Å². The zero-order valence-electron chi connectivity index (χ0n) is 12.3. The minimum absolute atomic E-state index is 0.179. The molecule has 7 heteroatoms. The quantitative estimate of drug-likeness (QED) is 0.363. The molecule has 1 aliphatic heterocycles. The van der Waals surface area contributed by atoms with E-state index in [0.717, 1.165) is 12.4 Å². The fourth-order valence-corrected chi connectivity index (χ4v) is 2.44. The Morgan fingerprint density at radius 2 is 2.38 bits per heavy atom. The lowest BCUT2D eigenvalue weighted by molar-refractivity contribution is 0.0330. The lowest BCUT2D eigenvalue weighted by Gasteiger charge is -2.34. The summed E-state index contributed by atoms with van der Waals surface area (Å²) in [5.74, 6) is 0.284. The van der Waals surface area contributed by atoms with Gasteiger partial charge >= 0.3 is 5.97 Å². The predicted octanol–water partition coefficient (Wildman–Crippen LogP) is 2.29. The second-order valence-electron chi connectivity index (χ2n) is 4.77. The van der Waals surface area contributed by atoms with Gasteiger partial charge in [-0.05, 0) is 19.9 Å². The SMILES string of the molecule is COC(=O)c1ccnc(Cl)c1/N=C(\C)N1CCOC[C@H]1C. The largest absolute Gasteiger partial charge is 0.465 e. The lowest BCUT2D eigenvalue weighted by atomic mass is 10.2. The zero-order valence-corrected chi connectivity index (χ0v) is 13.1. The first-order valence-corrected chi connectivity index (χ1v) is 7.05. The van der Waals surface area contributed by atoms with Crippen molar-refractivity contribution >= 4 is 29.1 Å². The van der Waals surface area contributed by atoms with E-state index in [9.17, 15) is 4.79 Å². The van der Waals surface area contributed by atoms with Crippen LogP contribution in [0.15, 0.2) is 17.3 Å². The van der Waals surface area contributed by atoms with Crippen LogP contribution in [0, 0.1) is 0 Å². The molecule has 2 heterocycles. The molecule has 1 atom stereocenters. The third-order valence-corrected chi connectivity index (χ3v) is 3.62. The van der Waals surface area contributed by atoms with Crippen LogP contribution < -0.4 is 0 Å². The summed E-state index contributed by atoms with van der Waals surface area (Å²) in [4.78, 5) is 22.4. The van der Waals surface area contributed by atoms with Crippen LogP contribution in [-0.4, -0.2) is 54.6 Å². The van der Waals surface area contributed by atoms with Gasteiger partial charge in [-0.1, -0.05) is 11.6 Å². The van der Waals surface area contributed by atoms with Crippen molar-refractivity contribution in [1.82, 2.24) is 9.88 Å². The number of carbonyl (C=O) groups excluding carboxylic acids is 1. The second kappa shape index (κ2) is 6.87. The maximum absolute atomic E-state index is 11.8. The second-order valence-corrected chi connectivity index (χ2v) is 5.12. The molecule has 0 radical (unpaired) electrons. The van der Waals surface area contributed by atoms with Crippen LogP contribution in [0.25, 0.3) is 0 Å². The van der Waals surface area contributed by atoms with Crippen molar-refractivity contribution in [1.29, 1.82) is 0 Å². The molecule has 2 rings (SSSR count). The molecule has 114 valence electrons. The summed E-state index contributed by atoms with van der Waals surface area (Å²) in [6.07, 6.45) is 1.46. The monoisotopic (exact) mass is 311 g/mol. The van der Waals surface area contributed by atoms with Gasteiger partial charge in [-0.25, -0.2) is 14.8 Å². The van der Waals surface area contributed by atoms with Gasteiger partial charge in [-0.2, -0.15) is 0 Å². The molecule has 0 unspecified atom stereocenters. The van der Waals surface area contributed by atoms with E-state index >= 15 is 0 Å². The summed E-state index contributed by atoms with van der Waals surface area (Å²) < 4.78 is 10.2. The van der Waals surface area contributed by atoms with Gasteiger partial charge in [0.05, 0.1) is 31.9 Å². The Morgan fingerprint density at radius 1 is 1.62 bits per heavy atom. The maximum Gasteiger partial charge on any atom is 0.340 e. The van der Waals surface area contributed by atoms with Gasteiger partial charge in [0.2, 0.25) is 0 Å². The van der Waals surface area contributed by atoms with Crippen molar-refractivity contribution in [2.75, 3.05) is 26.9 Å². The average Bonchev–Trinajstić information content (AvgIpc) is 2.48. The Bertz CT molecular complexity index is 562. The smallest absolute Gasteiger partial charge is 0.340 e. The molecular formula is C14H18ClN3O3. The van der Waals surface area contributed by atoms with Crippen LogP contribution >= 0.6 is 11.6 Å². The Morgan fingerprint density at radius 3 is 3.05 bits per heavy atom. The first-order valence-electron chi connectivity index (χ1n) is 6.67. The van der Waals surface area contributed by atoms with Crippen molar-refractivity contribution in [2.24, 2.45) is 4.99 Å². The molecule has 1 fully saturated rings. The highest BCUT2D eigenvalue weighted by Gasteiger charge is 2.21. The average molecular weight is 312 g/mol. The molecule has 1 aromatic rings. The number of amidine groups is 1. The number of aliphatic imine (C=N–C) groups is 1. The van der Waals surface area contributed by atoms with Gasteiger partial charge in [-0.3, -0.25) is 0 Å². The predicted molar refractivity (Wildman–Crippen MR) is 80.3 cm³/mol. The lowest BCUT2D eigenvalue weighted by Crippen LogP contribution is -2.46. The van der Waals surface area contributed by atoms with Gasteiger partial charge < -0.3 is 14.4 Å². The minimum atomic E-state index is -0.485. The van der Waals surface area contributed by atoms with E-state index in [0.29, 0.717) is 24.5 Å². The van der Waals surface area contributed by atoms with Gasteiger partial charge in [0.15, 0.2) is 5.15 Å². The summed E-state index contributed by atoms with van der Waals surface area (Å²) in [5.41, 5.74) is 0.639. The number of methoxy groups -OCH3 is 1. The summed E-state index contributed by atoms with van der Waals surface area (Å²) in [5, 5.41) is 0.179. The minimum Gasteiger partial charge on any atom is -0.465 e. The highest BCUT2D eigenvalue weighted by atomic mass is 35.5. The molecule has 21 heavy (non-hydrogen) atoms. The number of hydrogen-bond acceptors (Lipinski definition) is 5. The van der Waals surface area contributed by atoms with Crippen LogP contribution in [0.5, 0.6) is 0 Å². The highest BCUT2D eigenvalue weighted by Crippen LogP contribution is 2.28. The highest BCUT2D eigenvalue weighted by molar-refractivity contribution is 6.32. The summed E-state index contributed by atoms with van der Waals surface area (Å²) in [7, 11) is 1.32. The molecule has 0 spiro atoms. The van der Waals surface area contributed by atoms with E-state index in [1.807, 2.05) is 6.92 Å². The molecule has 6 nitrogen and oxygen atoms in total. The number of morpholine rings is 1. The fourth-order valence-electron chi connectivity index (χ4n) is 2.24. The standard InChI is InChI=1S/C14H18ClN3O3/c1-9-8-21-7-6-18(9)10(2)17-12-11(14(19)20-3)4-5-16-13(12)15/h4-5,9H,6-8H2,1-3H3/b17-10+/t9-/m1/s1. The van der Waals surface area contributed by atoms with Crippen molar-refractivity contribution < 1.29 is 14.3 Å². The van der Waals surface area contributed by atoms with Crippen LogP contribution in [0.4, 0.5) is 5.69 Å².